The molecule has 0 spiro atoms. The highest BCUT2D eigenvalue weighted by Crippen LogP contribution is 2.20. The Bertz CT molecular complexity index is 630. The third kappa shape index (κ3) is 6.12. The van der Waals surface area contributed by atoms with Crippen molar-refractivity contribution in [2.75, 3.05) is 20.1 Å². The SMILES string of the molecule is CC(c1ccccn1)N(C)C(=O)NCC1CCCCN1C(=O)OC(C)(C)C. The molecule has 1 aliphatic rings. The van der Waals surface area contributed by atoms with Crippen molar-refractivity contribution in [1.29, 1.82) is 0 Å². The number of carbonyl (C=O) groups excluding carboxylic acids is 2. The number of nitrogens with one attached hydrogen (secondary N) is 1. The second-order valence-electron chi connectivity index (χ2n) is 8.05. The van der Waals surface area contributed by atoms with Crippen molar-refractivity contribution in [1.82, 2.24) is 20.1 Å². The molecule has 3 amide bonds. The van der Waals surface area contributed by atoms with Crippen LogP contribution in [0.4, 0.5) is 9.59 Å². The number of rotatable bonds is 4. The molecule has 1 aromatic heterocycles. The number of hydrogen-bond donors (Lipinski definition) is 1. The third-order valence-electron chi connectivity index (χ3n) is 4.76. The van der Waals surface area contributed by atoms with Gasteiger partial charge in [-0.3, -0.25) is 4.98 Å². The second-order valence-corrected chi connectivity index (χ2v) is 8.05. The molecule has 2 atom stereocenters. The van der Waals surface area contributed by atoms with Crippen LogP contribution in [0.2, 0.25) is 0 Å². The molecule has 2 unspecified atom stereocenters. The highest BCUT2D eigenvalue weighted by atomic mass is 16.6. The van der Waals surface area contributed by atoms with Gasteiger partial charge in [-0.2, -0.15) is 0 Å². The van der Waals surface area contributed by atoms with Gasteiger partial charge in [0.05, 0.1) is 17.8 Å². The van der Waals surface area contributed by atoms with Crippen LogP contribution in [0.3, 0.4) is 0 Å². The van der Waals surface area contributed by atoms with E-state index in [1.165, 1.54) is 0 Å². The van der Waals surface area contributed by atoms with Crippen LogP contribution in [0.15, 0.2) is 24.4 Å². The molecule has 2 heterocycles. The van der Waals surface area contributed by atoms with Crippen LogP contribution >= 0.6 is 0 Å². The highest BCUT2D eigenvalue weighted by molar-refractivity contribution is 5.74. The molecule has 1 N–H and O–H groups in total. The number of amides is 3. The molecule has 0 bridgehead atoms. The lowest BCUT2D eigenvalue weighted by molar-refractivity contribution is 0.0100. The lowest BCUT2D eigenvalue weighted by atomic mass is 10.0. The first-order chi connectivity index (χ1) is 12.7. The van der Waals surface area contributed by atoms with E-state index < -0.39 is 5.60 Å². The van der Waals surface area contributed by atoms with Crippen LogP contribution in [-0.4, -0.2) is 58.7 Å². The molecule has 1 aromatic rings. The van der Waals surface area contributed by atoms with Gasteiger partial charge in [0.1, 0.15) is 5.60 Å². The Morgan fingerprint density at radius 2 is 2.11 bits per heavy atom. The maximum Gasteiger partial charge on any atom is 0.410 e. The molecule has 1 aliphatic heterocycles. The number of hydrogen-bond acceptors (Lipinski definition) is 4. The Kier molecular flexibility index (Phi) is 7.05. The Morgan fingerprint density at radius 1 is 1.37 bits per heavy atom. The zero-order valence-corrected chi connectivity index (χ0v) is 17.1. The number of nitrogens with zero attached hydrogens (tertiary/aromatic N) is 3. The van der Waals surface area contributed by atoms with E-state index >= 15 is 0 Å². The van der Waals surface area contributed by atoms with Crippen LogP contribution in [0.25, 0.3) is 0 Å². The summed E-state index contributed by atoms with van der Waals surface area (Å²) in [5.74, 6) is 0. The van der Waals surface area contributed by atoms with Crippen molar-refractivity contribution in [3.05, 3.63) is 30.1 Å². The second kappa shape index (κ2) is 9.06. The lowest BCUT2D eigenvalue weighted by Crippen LogP contribution is -2.52. The third-order valence-corrected chi connectivity index (χ3v) is 4.76. The van der Waals surface area contributed by atoms with Crippen molar-refractivity contribution < 1.29 is 14.3 Å². The number of urea groups is 1. The van der Waals surface area contributed by atoms with E-state index in [0.717, 1.165) is 25.0 Å². The van der Waals surface area contributed by atoms with Crippen molar-refractivity contribution in [2.45, 2.75) is 64.6 Å². The fourth-order valence-corrected chi connectivity index (χ4v) is 3.10. The average molecular weight is 377 g/mol. The number of carbonyl (C=O) groups is 2. The molecular weight excluding hydrogens is 344 g/mol. The zero-order valence-electron chi connectivity index (χ0n) is 17.1. The van der Waals surface area contributed by atoms with Gasteiger partial charge in [-0.05, 0) is 59.1 Å². The summed E-state index contributed by atoms with van der Waals surface area (Å²) in [6.07, 6.45) is 4.27. The molecule has 150 valence electrons. The first-order valence-corrected chi connectivity index (χ1v) is 9.60. The van der Waals surface area contributed by atoms with E-state index in [1.807, 2.05) is 45.9 Å². The fourth-order valence-electron chi connectivity index (χ4n) is 3.10. The minimum Gasteiger partial charge on any atom is -0.444 e. The number of piperidine rings is 1. The Hall–Kier alpha value is -2.31. The van der Waals surface area contributed by atoms with Gasteiger partial charge < -0.3 is 19.9 Å². The molecule has 1 fully saturated rings. The summed E-state index contributed by atoms with van der Waals surface area (Å²) in [6.45, 7) is 8.60. The van der Waals surface area contributed by atoms with Crippen LogP contribution in [-0.2, 0) is 4.74 Å². The van der Waals surface area contributed by atoms with E-state index in [2.05, 4.69) is 10.3 Å². The van der Waals surface area contributed by atoms with Gasteiger partial charge in [0, 0.05) is 26.3 Å². The first-order valence-electron chi connectivity index (χ1n) is 9.60. The van der Waals surface area contributed by atoms with Gasteiger partial charge in [-0.1, -0.05) is 6.07 Å². The minimum atomic E-state index is -0.527. The molecule has 0 radical (unpaired) electrons. The molecule has 7 nitrogen and oxygen atoms in total. The van der Waals surface area contributed by atoms with Crippen LogP contribution in [0.1, 0.15) is 58.7 Å². The minimum absolute atomic E-state index is 0.0453. The van der Waals surface area contributed by atoms with E-state index in [-0.39, 0.29) is 24.2 Å². The Morgan fingerprint density at radius 3 is 2.74 bits per heavy atom. The van der Waals surface area contributed by atoms with Crippen LogP contribution in [0, 0.1) is 0 Å². The van der Waals surface area contributed by atoms with E-state index in [1.54, 1.807) is 23.0 Å². The summed E-state index contributed by atoms with van der Waals surface area (Å²) in [4.78, 5) is 32.7. The summed E-state index contributed by atoms with van der Waals surface area (Å²) in [5, 5.41) is 2.96. The van der Waals surface area contributed by atoms with E-state index in [4.69, 9.17) is 4.74 Å². The summed E-state index contributed by atoms with van der Waals surface area (Å²) >= 11 is 0. The molecule has 0 saturated carbocycles. The molecule has 0 aliphatic carbocycles. The lowest BCUT2D eigenvalue weighted by Gasteiger charge is -2.37. The smallest absolute Gasteiger partial charge is 0.410 e. The number of pyridine rings is 1. The van der Waals surface area contributed by atoms with Gasteiger partial charge >= 0.3 is 12.1 Å². The molecule has 0 aromatic carbocycles. The van der Waals surface area contributed by atoms with Gasteiger partial charge in [0.25, 0.3) is 0 Å². The van der Waals surface area contributed by atoms with Crippen molar-refractivity contribution >= 4 is 12.1 Å². The number of likely N-dealkylation sites (tertiary alicyclic amines) is 1. The molecule has 27 heavy (non-hydrogen) atoms. The quantitative estimate of drug-likeness (QED) is 0.872. The summed E-state index contributed by atoms with van der Waals surface area (Å²) < 4.78 is 5.51. The van der Waals surface area contributed by atoms with Crippen molar-refractivity contribution in [3.63, 3.8) is 0 Å². The fraction of sp³-hybridized carbons (Fsp3) is 0.650. The monoisotopic (exact) mass is 376 g/mol. The molecular formula is C20H32N4O3. The summed E-state index contributed by atoms with van der Waals surface area (Å²) in [5.41, 5.74) is 0.309. The normalized spacial score (nSPS) is 18.6. The first kappa shape index (κ1) is 21.0. The number of ether oxygens (including phenoxy) is 1. The molecule has 1 saturated heterocycles. The van der Waals surface area contributed by atoms with Crippen LogP contribution < -0.4 is 5.32 Å². The standard InChI is InChI=1S/C20H32N4O3/c1-15(17-11-6-8-12-21-17)23(5)18(25)22-14-16-10-7-9-13-24(16)19(26)27-20(2,3)4/h6,8,11-12,15-16H,7,9-10,13-14H2,1-5H3,(H,22,25). The summed E-state index contributed by atoms with van der Waals surface area (Å²) in [7, 11) is 1.75. The Balaban J connectivity index is 1.92. The van der Waals surface area contributed by atoms with E-state index in [0.29, 0.717) is 13.1 Å². The van der Waals surface area contributed by atoms with Gasteiger partial charge in [0.2, 0.25) is 0 Å². The van der Waals surface area contributed by atoms with Gasteiger partial charge in [0.15, 0.2) is 0 Å². The maximum absolute atomic E-state index is 12.6. The van der Waals surface area contributed by atoms with Crippen molar-refractivity contribution in [3.8, 4) is 0 Å². The highest BCUT2D eigenvalue weighted by Gasteiger charge is 2.31. The predicted octanol–water partition coefficient (Wildman–Crippen LogP) is 3.57. The molecule has 7 heteroatoms. The van der Waals surface area contributed by atoms with Gasteiger partial charge in [-0.15, -0.1) is 0 Å². The van der Waals surface area contributed by atoms with Gasteiger partial charge in [-0.25, -0.2) is 9.59 Å². The average Bonchev–Trinajstić information content (AvgIpc) is 2.64. The van der Waals surface area contributed by atoms with Crippen molar-refractivity contribution in [2.24, 2.45) is 0 Å². The number of aromatic nitrogens is 1. The summed E-state index contributed by atoms with van der Waals surface area (Å²) in [6, 6.07) is 5.30. The zero-order chi connectivity index (χ0) is 20.0. The van der Waals surface area contributed by atoms with E-state index in [9.17, 15) is 9.59 Å². The van der Waals surface area contributed by atoms with Crippen LogP contribution in [0.5, 0.6) is 0 Å². The predicted molar refractivity (Wildman–Crippen MR) is 104 cm³/mol. The Labute approximate surface area is 162 Å². The topological polar surface area (TPSA) is 74.8 Å². The largest absolute Gasteiger partial charge is 0.444 e. The maximum atomic E-state index is 12.6. The molecule has 2 rings (SSSR count).